The van der Waals surface area contributed by atoms with Gasteiger partial charge in [0, 0.05) is 0 Å². The van der Waals surface area contributed by atoms with Crippen LogP contribution < -0.4 is 11.4 Å². The number of imidazole rings is 1. The van der Waals surface area contributed by atoms with Crippen molar-refractivity contribution in [3.05, 3.63) is 52.8 Å². The van der Waals surface area contributed by atoms with Crippen LogP contribution in [0.15, 0.2) is 41.3 Å². The van der Waals surface area contributed by atoms with Crippen LogP contribution in [0.4, 0.5) is 5.82 Å². The fourth-order valence-corrected chi connectivity index (χ4v) is 1.91. The van der Waals surface area contributed by atoms with Gasteiger partial charge < -0.3 is 15.8 Å². The van der Waals surface area contributed by atoms with E-state index in [9.17, 15) is 9.59 Å². The maximum absolute atomic E-state index is 12.1. The Balaban J connectivity index is 2.60. The Morgan fingerprint density at radius 3 is 2.82 bits per heavy atom. The molecule has 0 aromatic carbocycles. The topological polar surface area (TPSA) is 127 Å². The van der Waals surface area contributed by atoms with Gasteiger partial charge in [0.15, 0.2) is 11.5 Å². The number of carboxylic acids is 1. The molecule has 0 bridgehead atoms. The smallest absolute Gasteiger partial charge is 0.374 e. The molecule has 2 heterocycles. The number of hydrogen-bond donors (Lipinski definition) is 3. The van der Waals surface area contributed by atoms with Crippen LogP contribution in [-0.4, -0.2) is 30.6 Å². The maximum Gasteiger partial charge on any atom is 0.374 e. The number of aromatic carboxylic acids is 1. The molecule has 114 valence electrons. The van der Waals surface area contributed by atoms with Gasteiger partial charge in [-0.15, -0.1) is 0 Å². The standard InChI is InChI=1S/C14H15N5O3/c1-3-5-6-8(4-2)7-19-12-9(16-14(19)22)10(15)17-11(18-12)13(20)21/h3-6H,1,7H2,2H3,(H,16,22)(H,20,21)(H2,15,17,18). The number of aromatic amines is 1. The second-order valence-corrected chi connectivity index (χ2v) is 4.41. The number of nitrogens with one attached hydrogen (secondary N) is 1. The number of fused-ring (bicyclic) bond motifs is 1. The van der Waals surface area contributed by atoms with Gasteiger partial charge in [0.05, 0.1) is 6.54 Å². The molecule has 2 aromatic rings. The summed E-state index contributed by atoms with van der Waals surface area (Å²) in [5.41, 5.74) is 6.45. The van der Waals surface area contributed by atoms with Crippen molar-refractivity contribution >= 4 is 23.0 Å². The van der Waals surface area contributed by atoms with E-state index in [4.69, 9.17) is 10.8 Å². The highest BCUT2D eigenvalue weighted by Gasteiger charge is 2.17. The molecule has 22 heavy (non-hydrogen) atoms. The minimum Gasteiger partial charge on any atom is -0.475 e. The van der Waals surface area contributed by atoms with Gasteiger partial charge >= 0.3 is 11.7 Å². The average Bonchev–Trinajstić information content (AvgIpc) is 2.80. The number of carbonyl (C=O) groups is 1. The largest absolute Gasteiger partial charge is 0.475 e. The van der Waals surface area contributed by atoms with Gasteiger partial charge in [-0.05, 0) is 12.5 Å². The summed E-state index contributed by atoms with van der Waals surface area (Å²) in [5, 5.41) is 9.00. The molecule has 0 saturated heterocycles. The number of rotatable bonds is 5. The lowest BCUT2D eigenvalue weighted by Gasteiger charge is -2.04. The molecule has 0 atom stereocenters. The third kappa shape index (κ3) is 2.80. The normalized spacial score (nSPS) is 12.1. The molecular weight excluding hydrogens is 286 g/mol. The average molecular weight is 301 g/mol. The fraction of sp³-hybridized carbons (Fsp3) is 0.143. The van der Waals surface area contributed by atoms with Crippen LogP contribution in [0.5, 0.6) is 0 Å². The summed E-state index contributed by atoms with van der Waals surface area (Å²) < 4.78 is 1.31. The van der Waals surface area contributed by atoms with Crippen LogP contribution in [-0.2, 0) is 6.54 Å². The third-order valence-corrected chi connectivity index (χ3v) is 3.00. The summed E-state index contributed by atoms with van der Waals surface area (Å²) in [6.45, 7) is 5.63. The van der Waals surface area contributed by atoms with Crippen molar-refractivity contribution < 1.29 is 9.90 Å². The van der Waals surface area contributed by atoms with Gasteiger partial charge in [-0.25, -0.2) is 19.6 Å². The van der Waals surface area contributed by atoms with Gasteiger partial charge in [-0.1, -0.05) is 30.9 Å². The van der Waals surface area contributed by atoms with Gasteiger partial charge in [-0.3, -0.25) is 4.57 Å². The number of hydrogen-bond acceptors (Lipinski definition) is 5. The SMILES string of the molecule is C=CC=CC(=CC)Cn1c(=O)[nH]c2c(N)nc(C(=O)O)nc21. The Labute approximate surface area is 125 Å². The summed E-state index contributed by atoms with van der Waals surface area (Å²) in [6, 6.07) is 0. The highest BCUT2D eigenvalue weighted by Crippen LogP contribution is 2.15. The van der Waals surface area contributed by atoms with E-state index >= 15 is 0 Å². The lowest BCUT2D eigenvalue weighted by atomic mass is 10.2. The van der Waals surface area contributed by atoms with Crippen molar-refractivity contribution in [3.63, 3.8) is 0 Å². The van der Waals surface area contributed by atoms with E-state index in [1.807, 2.05) is 13.0 Å². The molecule has 0 fully saturated rings. The first-order valence-corrected chi connectivity index (χ1v) is 6.41. The number of allylic oxidation sites excluding steroid dienone is 5. The van der Waals surface area contributed by atoms with Crippen LogP contribution in [0.25, 0.3) is 11.2 Å². The lowest BCUT2D eigenvalue weighted by molar-refractivity contribution is 0.0684. The molecule has 4 N–H and O–H groups in total. The molecule has 8 nitrogen and oxygen atoms in total. The molecule has 0 amide bonds. The van der Waals surface area contributed by atoms with E-state index in [1.54, 1.807) is 18.2 Å². The molecule has 0 aliphatic carbocycles. The highest BCUT2D eigenvalue weighted by atomic mass is 16.4. The van der Waals surface area contributed by atoms with E-state index in [0.717, 1.165) is 5.57 Å². The molecule has 2 aromatic heterocycles. The zero-order chi connectivity index (χ0) is 16.3. The van der Waals surface area contributed by atoms with Crippen LogP contribution >= 0.6 is 0 Å². The van der Waals surface area contributed by atoms with Gasteiger partial charge in [0.1, 0.15) is 5.52 Å². The first kappa shape index (κ1) is 15.2. The zero-order valence-electron chi connectivity index (χ0n) is 11.9. The third-order valence-electron chi connectivity index (χ3n) is 3.00. The van der Waals surface area contributed by atoms with E-state index in [0.29, 0.717) is 0 Å². The minimum atomic E-state index is -1.31. The predicted octanol–water partition coefficient (Wildman–Crippen LogP) is 1.09. The molecular formula is C14H15N5O3. The van der Waals surface area contributed by atoms with Crippen molar-refractivity contribution in [1.82, 2.24) is 19.5 Å². The van der Waals surface area contributed by atoms with Crippen LogP contribution in [0.3, 0.4) is 0 Å². The minimum absolute atomic E-state index is 0.0816. The molecule has 0 unspecified atom stereocenters. The number of nitrogens with two attached hydrogens (primary N) is 1. The number of nitrogens with zero attached hydrogens (tertiary/aromatic N) is 3. The van der Waals surface area contributed by atoms with Crippen LogP contribution in [0, 0.1) is 0 Å². The summed E-state index contributed by atoms with van der Waals surface area (Å²) in [7, 11) is 0. The Bertz CT molecular complexity index is 857. The number of aromatic nitrogens is 4. The van der Waals surface area contributed by atoms with Crippen molar-refractivity contribution in [1.29, 1.82) is 0 Å². The molecule has 0 aliphatic rings. The Morgan fingerprint density at radius 2 is 2.23 bits per heavy atom. The van der Waals surface area contributed by atoms with E-state index in [1.165, 1.54) is 4.57 Å². The zero-order valence-corrected chi connectivity index (χ0v) is 11.9. The molecule has 0 radical (unpaired) electrons. The van der Waals surface area contributed by atoms with E-state index < -0.39 is 17.5 Å². The highest BCUT2D eigenvalue weighted by molar-refractivity contribution is 5.89. The van der Waals surface area contributed by atoms with Crippen molar-refractivity contribution in [2.75, 3.05) is 5.73 Å². The molecule has 0 saturated carbocycles. The fourth-order valence-electron chi connectivity index (χ4n) is 1.91. The Kier molecular flexibility index (Phi) is 4.21. The second kappa shape index (κ2) is 6.08. The number of H-pyrrole nitrogens is 1. The van der Waals surface area contributed by atoms with E-state index in [-0.39, 0.29) is 23.5 Å². The first-order chi connectivity index (χ1) is 10.5. The predicted molar refractivity (Wildman–Crippen MR) is 82.6 cm³/mol. The van der Waals surface area contributed by atoms with Crippen molar-refractivity contribution in [2.45, 2.75) is 13.5 Å². The van der Waals surface area contributed by atoms with Crippen molar-refractivity contribution in [2.24, 2.45) is 0 Å². The molecule has 8 heteroatoms. The van der Waals surface area contributed by atoms with Gasteiger partial charge in [-0.2, -0.15) is 0 Å². The lowest BCUT2D eigenvalue weighted by Crippen LogP contribution is -2.18. The van der Waals surface area contributed by atoms with Crippen molar-refractivity contribution in [3.8, 4) is 0 Å². The van der Waals surface area contributed by atoms with Gasteiger partial charge in [0.25, 0.3) is 0 Å². The Morgan fingerprint density at radius 1 is 1.50 bits per heavy atom. The number of anilines is 1. The monoisotopic (exact) mass is 301 g/mol. The summed E-state index contributed by atoms with van der Waals surface area (Å²) in [4.78, 5) is 33.2. The maximum atomic E-state index is 12.1. The molecule has 2 rings (SSSR count). The van der Waals surface area contributed by atoms with Gasteiger partial charge in [0.2, 0.25) is 5.82 Å². The summed E-state index contributed by atoms with van der Waals surface area (Å²) in [6.07, 6.45) is 6.97. The Hall–Kier alpha value is -3.16. The number of nitrogen functional groups attached to an aromatic ring is 1. The first-order valence-electron chi connectivity index (χ1n) is 6.41. The number of carboxylic acid groups (broad SMARTS) is 1. The molecule has 0 spiro atoms. The van der Waals surface area contributed by atoms with Crippen LogP contribution in [0.1, 0.15) is 17.5 Å². The molecule has 0 aliphatic heterocycles. The quantitative estimate of drug-likeness (QED) is 0.709. The van der Waals surface area contributed by atoms with E-state index in [2.05, 4.69) is 21.5 Å². The van der Waals surface area contributed by atoms with Crippen LogP contribution in [0.2, 0.25) is 0 Å². The summed E-state index contributed by atoms with van der Waals surface area (Å²) >= 11 is 0. The summed E-state index contributed by atoms with van der Waals surface area (Å²) in [5.74, 6) is -1.85. The second-order valence-electron chi connectivity index (χ2n) is 4.41.